The number of aromatic nitrogens is 6. The number of benzene rings is 2. The molecule has 2 aromatic heterocycles. The molecule has 0 fully saturated rings. The van der Waals surface area contributed by atoms with Crippen LogP contribution in [0.1, 0.15) is 39.8 Å². The summed E-state index contributed by atoms with van der Waals surface area (Å²) in [7, 11) is 0. The van der Waals surface area contributed by atoms with Crippen molar-refractivity contribution in [3.8, 4) is 11.5 Å². The molecule has 2 aromatic carbocycles. The second-order valence-electron chi connectivity index (χ2n) is 7.46. The summed E-state index contributed by atoms with van der Waals surface area (Å²) in [6, 6.07) is 13.4. The topological polar surface area (TPSA) is 97.0 Å². The van der Waals surface area contributed by atoms with Gasteiger partial charge in [0.2, 0.25) is 0 Å². The third-order valence-corrected chi connectivity index (χ3v) is 4.91. The maximum Gasteiger partial charge on any atom is 0.160 e. The fraction of sp³-hybridized carbons (Fsp3) is 0.227. The normalized spacial score (nSPS) is 13.5. The lowest BCUT2D eigenvalue weighted by molar-refractivity contribution is 0.101. The highest BCUT2D eigenvalue weighted by molar-refractivity contribution is 5.94. The minimum absolute atomic E-state index is 0.0736. The van der Waals surface area contributed by atoms with Gasteiger partial charge in [-0.1, -0.05) is 34.7 Å². The van der Waals surface area contributed by atoms with Crippen molar-refractivity contribution in [2.45, 2.75) is 33.2 Å². The van der Waals surface area contributed by atoms with Crippen LogP contribution >= 0.6 is 0 Å². The molecule has 0 saturated heterocycles. The van der Waals surface area contributed by atoms with Crippen LogP contribution in [0.3, 0.4) is 0 Å². The summed E-state index contributed by atoms with van der Waals surface area (Å²) in [4.78, 5) is 11.9. The van der Waals surface area contributed by atoms with Crippen LogP contribution < -0.4 is 9.47 Å². The van der Waals surface area contributed by atoms with Gasteiger partial charge in [-0.3, -0.25) is 4.79 Å². The van der Waals surface area contributed by atoms with Crippen molar-refractivity contribution in [2.75, 3.05) is 0 Å². The van der Waals surface area contributed by atoms with Crippen molar-refractivity contribution < 1.29 is 14.3 Å². The van der Waals surface area contributed by atoms with Gasteiger partial charge in [0.15, 0.2) is 5.78 Å². The van der Waals surface area contributed by atoms with Crippen LogP contribution in [-0.2, 0) is 26.3 Å². The zero-order chi connectivity index (χ0) is 21.2. The van der Waals surface area contributed by atoms with Crippen LogP contribution in [0.5, 0.6) is 11.5 Å². The van der Waals surface area contributed by atoms with Gasteiger partial charge in [0.05, 0.1) is 25.5 Å². The molecule has 4 aromatic rings. The number of carbonyl (C=O) groups excluding carboxylic acids is 1. The summed E-state index contributed by atoms with van der Waals surface area (Å²) in [5.41, 5.74) is 4.12. The Morgan fingerprint density at radius 3 is 1.90 bits per heavy atom. The quantitative estimate of drug-likeness (QED) is 0.440. The van der Waals surface area contributed by atoms with Crippen molar-refractivity contribution in [2.24, 2.45) is 0 Å². The van der Waals surface area contributed by atoms with Crippen LogP contribution in [0.2, 0.25) is 0 Å². The molecule has 0 radical (unpaired) electrons. The van der Waals surface area contributed by atoms with Gasteiger partial charge in [-0.25, -0.2) is 9.36 Å². The number of Topliss-reactive ketones (excluding diaryl/α,β-unsaturated/α-hetero) is 1. The maximum absolute atomic E-state index is 11.9. The van der Waals surface area contributed by atoms with E-state index in [2.05, 4.69) is 38.8 Å². The molecule has 5 rings (SSSR count). The molecule has 9 heteroatoms. The number of hydrogen-bond donors (Lipinski definition) is 0. The molecule has 0 unspecified atom stereocenters. The first-order valence-electron chi connectivity index (χ1n) is 9.88. The van der Waals surface area contributed by atoms with E-state index in [1.165, 1.54) is 6.92 Å². The van der Waals surface area contributed by atoms with E-state index in [9.17, 15) is 4.79 Å². The largest absolute Gasteiger partial charge is 0.487 e. The van der Waals surface area contributed by atoms with Crippen LogP contribution in [0, 0.1) is 0 Å². The zero-order valence-electron chi connectivity index (χ0n) is 16.9. The van der Waals surface area contributed by atoms with Gasteiger partial charge in [0, 0.05) is 11.6 Å². The molecule has 0 amide bonds. The third-order valence-electron chi connectivity index (χ3n) is 4.91. The van der Waals surface area contributed by atoms with E-state index in [1.807, 2.05) is 18.5 Å². The summed E-state index contributed by atoms with van der Waals surface area (Å²) in [5.74, 6) is 0.972. The standard InChI is InChI=1S/C22H20N6O3/c1-15(29)18-6-21-8-22(7-18)31-14-20-12-28(26-24-20)10-17-4-2-3-16(5-17)9-27-11-19(13-30-21)23-25-27/h2-8,11-12H,9-10,13-14H2,1H3. The SMILES string of the molecule is CC(=O)c1cc2cc(c1)OCc1cn(nn1)Cc1cccc(c1)Cn1cc(nn1)CO2. The average molecular weight is 416 g/mol. The summed E-state index contributed by atoms with van der Waals surface area (Å²) in [6.45, 7) is 3.17. The Bertz CT molecular complexity index is 1160. The Balaban J connectivity index is 1.49. The van der Waals surface area contributed by atoms with Gasteiger partial charge in [-0.15, -0.1) is 10.2 Å². The second-order valence-corrected chi connectivity index (χ2v) is 7.46. The van der Waals surface area contributed by atoms with E-state index < -0.39 is 0 Å². The molecule has 0 N–H and O–H groups in total. The summed E-state index contributed by atoms with van der Waals surface area (Å²) >= 11 is 0. The van der Waals surface area contributed by atoms with E-state index >= 15 is 0 Å². The van der Waals surface area contributed by atoms with E-state index in [4.69, 9.17) is 9.47 Å². The zero-order valence-corrected chi connectivity index (χ0v) is 16.9. The molecular formula is C22H20N6O3. The smallest absolute Gasteiger partial charge is 0.160 e. The van der Waals surface area contributed by atoms with Gasteiger partial charge < -0.3 is 9.47 Å². The number of nitrogens with zero attached hydrogens (tertiary/aromatic N) is 6. The molecule has 31 heavy (non-hydrogen) atoms. The van der Waals surface area contributed by atoms with Crippen molar-refractivity contribution in [1.29, 1.82) is 0 Å². The van der Waals surface area contributed by atoms with Crippen molar-refractivity contribution >= 4 is 5.78 Å². The van der Waals surface area contributed by atoms with Crippen LogP contribution in [-0.4, -0.2) is 35.8 Å². The third kappa shape index (κ3) is 4.45. The number of hydrogen-bond acceptors (Lipinski definition) is 7. The van der Waals surface area contributed by atoms with Crippen molar-refractivity contribution in [3.63, 3.8) is 0 Å². The Labute approximate surface area is 178 Å². The van der Waals surface area contributed by atoms with Crippen LogP contribution in [0.25, 0.3) is 0 Å². The highest BCUT2D eigenvalue weighted by Gasteiger charge is 2.11. The first kappa shape index (κ1) is 19.0. The minimum Gasteiger partial charge on any atom is -0.487 e. The fourth-order valence-electron chi connectivity index (χ4n) is 3.42. The number of ether oxygens (including phenoxy) is 2. The Morgan fingerprint density at radius 1 is 0.839 bits per heavy atom. The van der Waals surface area contributed by atoms with Crippen LogP contribution in [0.4, 0.5) is 0 Å². The molecule has 0 atom stereocenters. The van der Waals surface area contributed by atoms with Crippen molar-refractivity contribution in [1.82, 2.24) is 30.0 Å². The van der Waals surface area contributed by atoms with E-state index in [-0.39, 0.29) is 19.0 Å². The average Bonchev–Trinajstić information content (AvgIpc) is 3.39. The Hall–Kier alpha value is -4.01. The summed E-state index contributed by atoms with van der Waals surface area (Å²) < 4.78 is 15.3. The number of ketones is 1. The van der Waals surface area contributed by atoms with Crippen molar-refractivity contribution in [3.05, 3.63) is 82.9 Å². The maximum atomic E-state index is 11.9. The van der Waals surface area contributed by atoms with Gasteiger partial charge in [-0.05, 0) is 30.2 Å². The van der Waals surface area contributed by atoms with E-state index in [0.29, 0.717) is 41.5 Å². The minimum atomic E-state index is -0.0736. The lowest BCUT2D eigenvalue weighted by atomic mass is 10.1. The van der Waals surface area contributed by atoms with E-state index in [1.54, 1.807) is 27.6 Å². The fourth-order valence-corrected chi connectivity index (χ4v) is 3.42. The van der Waals surface area contributed by atoms with E-state index in [0.717, 1.165) is 11.1 Å². The number of fused-ring (bicyclic) bond motifs is 8. The predicted molar refractivity (Wildman–Crippen MR) is 110 cm³/mol. The molecule has 0 spiro atoms. The van der Waals surface area contributed by atoms with Crippen LogP contribution in [0.15, 0.2) is 54.9 Å². The summed E-state index contributed by atoms with van der Waals surface area (Å²) in [6.07, 6.45) is 3.71. The van der Waals surface area contributed by atoms with Gasteiger partial charge >= 0.3 is 0 Å². The molecule has 8 bridgehead atoms. The van der Waals surface area contributed by atoms with Gasteiger partial charge in [-0.2, -0.15) is 0 Å². The molecule has 0 aliphatic carbocycles. The monoisotopic (exact) mass is 416 g/mol. The Kier molecular flexibility index (Phi) is 4.91. The summed E-state index contributed by atoms with van der Waals surface area (Å²) in [5, 5.41) is 16.8. The molecular weight excluding hydrogens is 396 g/mol. The second kappa shape index (κ2) is 8.02. The molecule has 9 nitrogen and oxygen atoms in total. The molecule has 3 heterocycles. The lowest BCUT2D eigenvalue weighted by Gasteiger charge is -2.10. The first-order chi connectivity index (χ1) is 15.1. The van der Waals surface area contributed by atoms with Gasteiger partial charge in [0.25, 0.3) is 0 Å². The predicted octanol–water partition coefficient (Wildman–Crippen LogP) is 2.64. The molecule has 0 saturated carbocycles. The molecule has 1 aliphatic rings. The van der Waals surface area contributed by atoms with Gasteiger partial charge in [0.1, 0.15) is 36.1 Å². The molecule has 1 aliphatic heterocycles. The Morgan fingerprint density at radius 2 is 1.39 bits per heavy atom. The highest BCUT2D eigenvalue weighted by atomic mass is 16.5. The number of carbonyl (C=O) groups is 1. The highest BCUT2D eigenvalue weighted by Crippen LogP contribution is 2.25. The number of rotatable bonds is 1. The molecule has 156 valence electrons. The first-order valence-corrected chi connectivity index (χ1v) is 9.88. The lowest BCUT2D eigenvalue weighted by Crippen LogP contribution is -2.04.